The molecule has 4 aromatic carbocycles. The van der Waals surface area contributed by atoms with Gasteiger partial charge in [0.05, 0.1) is 34.4 Å². The lowest BCUT2D eigenvalue weighted by Crippen LogP contribution is -2.61. The standard InChI is InChI=1S/C33H27F6N3O5S/c34-25-13-23(14-27(17-25)47-31(35)36)22-9-10-29-30(15-22)42(48(44,45)28-8-4-7-24(16-28)33(37,38)39)19-26-18-40(11-12-41(26)29)32(43)46-20-21-5-2-1-3-6-21/h1-10,13-17,26,31H,11-12,18-20H2. The molecule has 1 atom stereocenters. The van der Waals surface area contributed by atoms with E-state index in [1.807, 2.05) is 11.0 Å². The van der Waals surface area contributed by atoms with Crippen LogP contribution in [-0.4, -0.2) is 58.2 Å². The van der Waals surface area contributed by atoms with Crippen LogP contribution in [0.1, 0.15) is 11.1 Å². The highest BCUT2D eigenvalue weighted by atomic mass is 32.2. The normalized spacial score (nSPS) is 16.4. The fraction of sp³-hybridized carbons (Fsp3) is 0.242. The molecule has 0 aromatic heterocycles. The molecule has 0 spiro atoms. The fourth-order valence-corrected chi connectivity index (χ4v) is 7.38. The zero-order valence-corrected chi connectivity index (χ0v) is 25.7. The number of ether oxygens (including phenoxy) is 2. The summed E-state index contributed by atoms with van der Waals surface area (Å²) in [6.07, 6.45) is -5.42. The third-order valence-electron chi connectivity index (χ3n) is 8.06. The Hall–Kier alpha value is -4.92. The van der Waals surface area contributed by atoms with Crippen LogP contribution in [0, 0.1) is 5.82 Å². The lowest BCUT2D eigenvalue weighted by Gasteiger charge is -2.48. The van der Waals surface area contributed by atoms with Crippen LogP contribution in [0.25, 0.3) is 11.1 Å². The van der Waals surface area contributed by atoms with E-state index in [-0.39, 0.29) is 49.6 Å². The summed E-state index contributed by atoms with van der Waals surface area (Å²) in [7, 11) is -4.65. The second kappa shape index (κ2) is 12.9. The second-order valence-electron chi connectivity index (χ2n) is 11.2. The average Bonchev–Trinajstić information content (AvgIpc) is 3.05. The minimum Gasteiger partial charge on any atom is -0.445 e. The van der Waals surface area contributed by atoms with Gasteiger partial charge in [-0.1, -0.05) is 42.5 Å². The number of hydrogen-bond acceptors (Lipinski definition) is 6. The Morgan fingerprint density at radius 3 is 2.35 bits per heavy atom. The summed E-state index contributed by atoms with van der Waals surface area (Å²) < 4.78 is 120. The van der Waals surface area contributed by atoms with Gasteiger partial charge in [0.1, 0.15) is 18.2 Å². The molecule has 252 valence electrons. The van der Waals surface area contributed by atoms with Crippen molar-refractivity contribution in [2.75, 3.05) is 35.4 Å². The predicted molar refractivity (Wildman–Crippen MR) is 164 cm³/mol. The lowest BCUT2D eigenvalue weighted by molar-refractivity contribution is -0.137. The third kappa shape index (κ3) is 6.86. The van der Waals surface area contributed by atoms with Gasteiger partial charge in [-0.05, 0) is 59.2 Å². The molecule has 15 heteroatoms. The summed E-state index contributed by atoms with van der Waals surface area (Å²) in [6, 6.07) is 19.2. The molecule has 0 N–H and O–H groups in total. The van der Waals surface area contributed by atoms with Crippen LogP contribution in [0.15, 0.2) is 95.9 Å². The van der Waals surface area contributed by atoms with Crippen molar-refractivity contribution in [3.05, 3.63) is 108 Å². The first-order valence-electron chi connectivity index (χ1n) is 14.6. The number of halogens is 6. The number of alkyl halides is 5. The molecule has 2 heterocycles. The highest BCUT2D eigenvalue weighted by molar-refractivity contribution is 7.92. The Morgan fingerprint density at radius 1 is 0.854 bits per heavy atom. The molecule has 0 aliphatic carbocycles. The first kappa shape index (κ1) is 33.0. The Morgan fingerprint density at radius 2 is 1.62 bits per heavy atom. The number of nitrogens with zero attached hydrogens (tertiary/aromatic N) is 3. The summed E-state index contributed by atoms with van der Waals surface area (Å²) in [5.41, 5.74) is 0.408. The van der Waals surface area contributed by atoms with Crippen molar-refractivity contribution in [3.8, 4) is 16.9 Å². The maximum absolute atomic E-state index is 14.4. The highest BCUT2D eigenvalue weighted by Gasteiger charge is 2.42. The highest BCUT2D eigenvalue weighted by Crippen LogP contribution is 2.43. The topological polar surface area (TPSA) is 79.4 Å². The van der Waals surface area contributed by atoms with Gasteiger partial charge in [-0.2, -0.15) is 22.0 Å². The van der Waals surface area contributed by atoms with Crippen LogP contribution < -0.4 is 13.9 Å². The van der Waals surface area contributed by atoms with Gasteiger partial charge in [0.15, 0.2) is 0 Å². The summed E-state index contributed by atoms with van der Waals surface area (Å²) in [6.45, 7) is -2.92. The van der Waals surface area contributed by atoms with Crippen molar-refractivity contribution in [3.63, 3.8) is 0 Å². The van der Waals surface area contributed by atoms with Gasteiger partial charge in [-0.3, -0.25) is 4.31 Å². The van der Waals surface area contributed by atoms with Crippen LogP contribution in [0.3, 0.4) is 0 Å². The third-order valence-corrected chi connectivity index (χ3v) is 9.83. The second-order valence-corrected chi connectivity index (χ2v) is 13.0. The quantitative estimate of drug-likeness (QED) is 0.192. The molecule has 0 saturated carbocycles. The van der Waals surface area contributed by atoms with E-state index in [1.54, 1.807) is 30.3 Å². The molecular formula is C33H27F6N3O5S. The van der Waals surface area contributed by atoms with E-state index in [1.165, 1.54) is 17.0 Å². The zero-order valence-electron chi connectivity index (χ0n) is 24.9. The number of hydrogen-bond donors (Lipinski definition) is 0. The van der Waals surface area contributed by atoms with Crippen molar-refractivity contribution < 1.29 is 49.0 Å². The number of amides is 1. The molecule has 4 aromatic rings. The molecule has 8 nitrogen and oxygen atoms in total. The van der Waals surface area contributed by atoms with Crippen molar-refractivity contribution in [2.24, 2.45) is 0 Å². The largest absolute Gasteiger partial charge is 0.445 e. The van der Waals surface area contributed by atoms with Crippen molar-refractivity contribution in [1.82, 2.24) is 4.90 Å². The predicted octanol–water partition coefficient (Wildman–Crippen LogP) is 7.15. The number of benzene rings is 4. The van der Waals surface area contributed by atoms with E-state index in [0.717, 1.165) is 46.3 Å². The van der Waals surface area contributed by atoms with Crippen LogP contribution in [0.5, 0.6) is 5.75 Å². The number of anilines is 2. The Bertz CT molecular complexity index is 1930. The van der Waals surface area contributed by atoms with Crippen LogP contribution in [0.4, 0.5) is 42.5 Å². The molecule has 2 aliphatic heterocycles. The summed E-state index contributed by atoms with van der Waals surface area (Å²) in [5.74, 6) is -1.34. The molecule has 0 bridgehead atoms. The van der Waals surface area contributed by atoms with Crippen LogP contribution >= 0.6 is 0 Å². The summed E-state index contributed by atoms with van der Waals surface area (Å²) in [5, 5.41) is 0. The number of piperazine rings is 1. The Kier molecular flexibility index (Phi) is 8.90. The van der Waals surface area contributed by atoms with Gasteiger partial charge in [0.2, 0.25) is 0 Å². The zero-order chi connectivity index (χ0) is 34.2. The average molecular weight is 692 g/mol. The molecule has 0 radical (unpaired) electrons. The van der Waals surface area contributed by atoms with E-state index in [9.17, 15) is 39.6 Å². The SMILES string of the molecule is O=C(OCc1ccccc1)N1CCN2c3ccc(-c4cc(F)cc(OC(F)F)c4)cc3N(S(=O)(=O)c3cccc(C(F)(F)F)c3)CC2C1. The van der Waals surface area contributed by atoms with Gasteiger partial charge in [0.25, 0.3) is 10.0 Å². The molecule has 1 amide bonds. The number of carbonyl (C=O) groups excluding carboxylic acids is 1. The lowest BCUT2D eigenvalue weighted by atomic mass is 10.00. The van der Waals surface area contributed by atoms with E-state index in [0.29, 0.717) is 11.8 Å². The van der Waals surface area contributed by atoms with Gasteiger partial charge in [0, 0.05) is 25.7 Å². The van der Waals surface area contributed by atoms with Crippen molar-refractivity contribution in [1.29, 1.82) is 0 Å². The molecule has 48 heavy (non-hydrogen) atoms. The molecular weight excluding hydrogens is 664 g/mol. The number of rotatable bonds is 7. The summed E-state index contributed by atoms with van der Waals surface area (Å²) >= 11 is 0. The van der Waals surface area contributed by atoms with Gasteiger partial charge in [-0.25, -0.2) is 17.6 Å². The van der Waals surface area contributed by atoms with Gasteiger partial charge < -0.3 is 19.3 Å². The number of sulfonamides is 1. The minimum absolute atomic E-state index is 0.0242. The van der Waals surface area contributed by atoms with E-state index >= 15 is 0 Å². The summed E-state index contributed by atoms with van der Waals surface area (Å²) in [4.78, 5) is 15.7. The van der Waals surface area contributed by atoms with E-state index in [4.69, 9.17) is 4.74 Å². The van der Waals surface area contributed by atoms with Crippen LogP contribution in [-0.2, 0) is 27.5 Å². The molecule has 6 rings (SSSR count). The van der Waals surface area contributed by atoms with Crippen molar-refractivity contribution in [2.45, 2.75) is 30.3 Å². The van der Waals surface area contributed by atoms with Crippen LogP contribution in [0.2, 0.25) is 0 Å². The number of fused-ring (bicyclic) bond motifs is 3. The molecule has 2 aliphatic rings. The Balaban J connectivity index is 1.37. The fourth-order valence-electron chi connectivity index (χ4n) is 5.83. The molecule has 1 fully saturated rings. The monoisotopic (exact) mass is 691 g/mol. The maximum atomic E-state index is 14.4. The van der Waals surface area contributed by atoms with E-state index < -0.39 is 57.0 Å². The Labute approximate surface area is 271 Å². The smallest absolute Gasteiger partial charge is 0.416 e. The van der Waals surface area contributed by atoms with Crippen molar-refractivity contribution >= 4 is 27.5 Å². The minimum atomic E-state index is -4.81. The van der Waals surface area contributed by atoms with E-state index in [2.05, 4.69) is 4.74 Å². The maximum Gasteiger partial charge on any atom is 0.416 e. The first-order chi connectivity index (χ1) is 22.8. The van der Waals surface area contributed by atoms with Gasteiger partial charge >= 0.3 is 18.9 Å². The van der Waals surface area contributed by atoms with Gasteiger partial charge in [-0.15, -0.1) is 0 Å². The number of carbonyl (C=O) groups is 1. The first-order valence-corrected chi connectivity index (χ1v) is 16.1. The molecule has 1 unspecified atom stereocenters. The molecule has 1 saturated heterocycles.